The van der Waals surface area contributed by atoms with Gasteiger partial charge in [0.05, 0.1) is 20.5 Å². The summed E-state index contributed by atoms with van der Waals surface area (Å²) < 4.78 is 16.4. The zero-order valence-electron chi connectivity index (χ0n) is 16.9. The topological polar surface area (TPSA) is 60.7 Å². The summed E-state index contributed by atoms with van der Waals surface area (Å²) in [5.74, 6) is 1.36. The number of furan rings is 1. The molecule has 3 aromatic rings. The van der Waals surface area contributed by atoms with Crippen molar-refractivity contribution < 1.29 is 18.7 Å². The van der Waals surface area contributed by atoms with Crippen molar-refractivity contribution in [2.45, 2.75) is 27.3 Å². The van der Waals surface area contributed by atoms with Gasteiger partial charge in [-0.2, -0.15) is 0 Å². The Morgan fingerprint density at radius 3 is 2.50 bits per heavy atom. The number of benzene rings is 2. The number of aryl methyl sites for hydroxylation is 2. The van der Waals surface area contributed by atoms with Gasteiger partial charge in [-0.05, 0) is 55.7 Å². The Morgan fingerprint density at radius 1 is 1.14 bits per heavy atom. The van der Waals surface area contributed by atoms with E-state index < -0.39 is 0 Å². The van der Waals surface area contributed by atoms with Gasteiger partial charge >= 0.3 is 0 Å². The zero-order valence-corrected chi connectivity index (χ0v) is 16.9. The van der Waals surface area contributed by atoms with Crippen LogP contribution in [0.3, 0.4) is 0 Å². The minimum Gasteiger partial charge on any atom is -0.497 e. The normalized spacial score (nSPS) is 11.5. The van der Waals surface area contributed by atoms with Crippen LogP contribution >= 0.6 is 0 Å². The first-order valence-corrected chi connectivity index (χ1v) is 9.09. The molecule has 0 aliphatic carbocycles. The van der Waals surface area contributed by atoms with Crippen molar-refractivity contribution in [2.75, 3.05) is 14.2 Å². The Kier molecular flexibility index (Phi) is 5.73. The fourth-order valence-electron chi connectivity index (χ4n) is 3.25. The summed E-state index contributed by atoms with van der Waals surface area (Å²) >= 11 is 0. The lowest BCUT2D eigenvalue weighted by Crippen LogP contribution is -2.20. The summed E-state index contributed by atoms with van der Waals surface area (Å²) in [6, 6.07) is 9.62. The van der Waals surface area contributed by atoms with Crippen molar-refractivity contribution in [3.05, 3.63) is 64.9 Å². The molecular formula is C23H25NO4. The molecule has 0 radical (unpaired) electrons. The van der Waals surface area contributed by atoms with E-state index in [0.717, 1.165) is 50.3 Å². The Morgan fingerprint density at radius 2 is 1.86 bits per heavy atom. The van der Waals surface area contributed by atoms with Crippen LogP contribution in [0.5, 0.6) is 11.5 Å². The molecule has 1 aromatic heterocycles. The number of ether oxygens (including phenoxy) is 2. The highest BCUT2D eigenvalue weighted by molar-refractivity contribution is 5.98. The molecule has 5 nitrogen and oxygen atoms in total. The van der Waals surface area contributed by atoms with Crippen LogP contribution < -0.4 is 14.8 Å². The van der Waals surface area contributed by atoms with Gasteiger partial charge in [0.15, 0.2) is 0 Å². The molecule has 1 amide bonds. The molecule has 0 saturated carbocycles. The van der Waals surface area contributed by atoms with Crippen LogP contribution in [-0.2, 0) is 11.3 Å². The van der Waals surface area contributed by atoms with E-state index in [0.29, 0.717) is 6.54 Å². The molecule has 0 atom stereocenters. The van der Waals surface area contributed by atoms with Gasteiger partial charge in [0.25, 0.3) is 0 Å². The molecule has 3 rings (SSSR count). The van der Waals surface area contributed by atoms with Crippen molar-refractivity contribution in [2.24, 2.45) is 0 Å². The molecule has 2 aromatic carbocycles. The monoisotopic (exact) mass is 379 g/mol. The predicted molar refractivity (Wildman–Crippen MR) is 111 cm³/mol. The van der Waals surface area contributed by atoms with Gasteiger partial charge in [-0.1, -0.05) is 12.1 Å². The molecule has 5 heteroatoms. The highest BCUT2D eigenvalue weighted by Crippen LogP contribution is 2.37. The molecule has 0 aliphatic heterocycles. The number of hydrogen-bond acceptors (Lipinski definition) is 4. The molecule has 0 spiro atoms. The number of allylic oxidation sites excluding steroid dienone is 1. The summed E-state index contributed by atoms with van der Waals surface area (Å²) in [4.78, 5) is 12.4. The lowest BCUT2D eigenvalue weighted by molar-refractivity contribution is -0.116. The van der Waals surface area contributed by atoms with E-state index in [1.165, 1.54) is 0 Å². The van der Waals surface area contributed by atoms with E-state index in [-0.39, 0.29) is 5.91 Å². The van der Waals surface area contributed by atoms with Crippen LogP contribution in [0.1, 0.15) is 29.2 Å². The Hall–Kier alpha value is -3.21. The van der Waals surface area contributed by atoms with Gasteiger partial charge in [0.2, 0.25) is 5.91 Å². The van der Waals surface area contributed by atoms with Gasteiger partial charge in [-0.25, -0.2) is 0 Å². The molecule has 0 aliphatic rings. The highest BCUT2D eigenvalue weighted by atomic mass is 16.5. The van der Waals surface area contributed by atoms with Crippen molar-refractivity contribution in [3.63, 3.8) is 0 Å². The summed E-state index contributed by atoms with van der Waals surface area (Å²) in [5, 5.41) is 3.94. The van der Waals surface area contributed by atoms with Gasteiger partial charge in [0, 0.05) is 29.1 Å². The molecule has 0 fully saturated rings. The first-order valence-electron chi connectivity index (χ1n) is 9.09. The van der Waals surface area contributed by atoms with Crippen molar-refractivity contribution >= 4 is 22.4 Å². The molecule has 28 heavy (non-hydrogen) atoms. The second-order valence-corrected chi connectivity index (χ2v) is 6.77. The van der Waals surface area contributed by atoms with Gasteiger partial charge in [0.1, 0.15) is 17.1 Å². The third kappa shape index (κ3) is 3.88. The molecule has 0 saturated heterocycles. The third-order valence-electron chi connectivity index (χ3n) is 4.84. The minimum atomic E-state index is -0.156. The number of carbonyl (C=O) groups is 1. The Labute approximate surface area is 164 Å². The Balaban J connectivity index is 1.81. The van der Waals surface area contributed by atoms with Crippen LogP contribution in [-0.4, -0.2) is 20.1 Å². The first kappa shape index (κ1) is 19.5. The summed E-state index contributed by atoms with van der Waals surface area (Å²) in [6.45, 7) is 6.32. The quantitative estimate of drug-likeness (QED) is 0.626. The average molecular weight is 379 g/mol. The number of nitrogens with one attached hydrogen (secondary N) is 1. The van der Waals surface area contributed by atoms with E-state index >= 15 is 0 Å². The number of amides is 1. The van der Waals surface area contributed by atoms with Gasteiger partial charge in [-0.15, -0.1) is 0 Å². The third-order valence-corrected chi connectivity index (χ3v) is 4.84. The SMILES string of the molecule is COc1ccc(CNC(=O)/C=C(\C)c2cc3c(C)coc3c(C)c2OC)cc1. The summed E-state index contributed by atoms with van der Waals surface area (Å²) in [6.07, 6.45) is 3.34. The maximum absolute atomic E-state index is 12.4. The first-order chi connectivity index (χ1) is 13.4. The summed E-state index contributed by atoms with van der Waals surface area (Å²) in [7, 11) is 3.26. The van der Waals surface area contributed by atoms with Gasteiger partial charge in [-0.3, -0.25) is 4.79 Å². The van der Waals surface area contributed by atoms with Crippen LogP contribution in [0.2, 0.25) is 0 Å². The Bertz CT molecular complexity index is 1030. The molecule has 1 heterocycles. The lowest BCUT2D eigenvalue weighted by atomic mass is 9.98. The highest BCUT2D eigenvalue weighted by Gasteiger charge is 2.16. The van der Waals surface area contributed by atoms with Crippen LogP contribution in [0, 0.1) is 13.8 Å². The standard InChI is InChI=1S/C23H25NO4/c1-14(10-21(25)24-12-17-6-8-18(26-4)9-7-17)19-11-20-15(2)13-28-23(20)16(3)22(19)27-5/h6-11,13H,12H2,1-5H3,(H,24,25)/b14-10+. The number of hydrogen-bond donors (Lipinski definition) is 1. The number of methoxy groups -OCH3 is 2. The van der Waals surface area contributed by atoms with E-state index in [2.05, 4.69) is 5.32 Å². The van der Waals surface area contributed by atoms with E-state index in [9.17, 15) is 4.79 Å². The van der Waals surface area contributed by atoms with E-state index in [1.807, 2.05) is 51.1 Å². The van der Waals surface area contributed by atoms with Crippen molar-refractivity contribution in [3.8, 4) is 11.5 Å². The molecule has 1 N–H and O–H groups in total. The van der Waals surface area contributed by atoms with Gasteiger partial charge < -0.3 is 19.2 Å². The molecular weight excluding hydrogens is 354 g/mol. The average Bonchev–Trinajstić information content (AvgIpc) is 3.07. The predicted octanol–water partition coefficient (Wildman–Crippen LogP) is 4.79. The minimum absolute atomic E-state index is 0.156. The van der Waals surface area contributed by atoms with Crippen LogP contribution in [0.4, 0.5) is 0 Å². The fraction of sp³-hybridized carbons (Fsp3) is 0.261. The van der Waals surface area contributed by atoms with Crippen molar-refractivity contribution in [1.82, 2.24) is 5.32 Å². The second-order valence-electron chi connectivity index (χ2n) is 6.77. The summed E-state index contributed by atoms with van der Waals surface area (Å²) in [5.41, 5.74) is 5.51. The largest absolute Gasteiger partial charge is 0.497 e. The lowest BCUT2D eigenvalue weighted by Gasteiger charge is -2.13. The second kappa shape index (κ2) is 8.21. The maximum Gasteiger partial charge on any atom is 0.244 e. The molecule has 0 unspecified atom stereocenters. The number of rotatable bonds is 6. The van der Waals surface area contributed by atoms with E-state index in [1.54, 1.807) is 26.6 Å². The smallest absolute Gasteiger partial charge is 0.244 e. The maximum atomic E-state index is 12.4. The van der Waals surface area contributed by atoms with Crippen molar-refractivity contribution in [1.29, 1.82) is 0 Å². The van der Waals surface area contributed by atoms with Crippen LogP contribution in [0.15, 0.2) is 47.1 Å². The van der Waals surface area contributed by atoms with E-state index in [4.69, 9.17) is 13.9 Å². The molecule has 0 bridgehead atoms. The number of carbonyl (C=O) groups excluding carboxylic acids is 1. The van der Waals surface area contributed by atoms with Crippen LogP contribution in [0.25, 0.3) is 16.5 Å². The zero-order chi connectivity index (χ0) is 20.3. The molecule has 146 valence electrons. The fourth-order valence-corrected chi connectivity index (χ4v) is 3.25. The number of fused-ring (bicyclic) bond motifs is 1.